The van der Waals surface area contributed by atoms with E-state index >= 15 is 0 Å². The number of benzene rings is 3. The molecule has 1 heterocycles. The van der Waals surface area contributed by atoms with Gasteiger partial charge in [0.2, 0.25) is 0 Å². The van der Waals surface area contributed by atoms with Gasteiger partial charge in [-0.3, -0.25) is 9.59 Å². The number of ether oxygens (including phenoxy) is 2. The average molecular weight is 499 g/mol. The lowest BCUT2D eigenvalue weighted by Crippen LogP contribution is -2.29. The van der Waals surface area contributed by atoms with E-state index < -0.39 is 5.91 Å². The fraction of sp³-hybridized carbons (Fsp3) is 0.179. The zero-order chi connectivity index (χ0) is 26.2. The average Bonchev–Trinajstić information content (AvgIpc) is 2.94. The molecule has 1 amide bonds. The number of aromatic nitrogens is 2. The van der Waals surface area contributed by atoms with Crippen molar-refractivity contribution in [3.8, 4) is 5.75 Å². The topological polar surface area (TPSA) is 112 Å². The van der Waals surface area contributed by atoms with E-state index in [0.29, 0.717) is 41.7 Å². The Bertz CT molecular complexity index is 1490. The summed E-state index contributed by atoms with van der Waals surface area (Å²) in [6.45, 7) is 2.69. The molecule has 0 fully saturated rings. The van der Waals surface area contributed by atoms with Crippen LogP contribution in [0.1, 0.15) is 45.3 Å². The molecule has 0 saturated heterocycles. The normalized spacial score (nSPS) is 11.0. The number of fused-ring (bicyclic) bond motifs is 1. The summed E-state index contributed by atoms with van der Waals surface area (Å²) < 4.78 is 11.8. The number of nitrogens with one attached hydrogen (secondary N) is 1. The first-order valence-electron chi connectivity index (χ1n) is 11.7. The van der Waals surface area contributed by atoms with Crippen LogP contribution in [0.3, 0.4) is 0 Å². The number of methoxy groups -OCH3 is 1. The molecule has 37 heavy (non-hydrogen) atoms. The van der Waals surface area contributed by atoms with Crippen LogP contribution in [0.4, 0.5) is 0 Å². The van der Waals surface area contributed by atoms with Gasteiger partial charge in [0.15, 0.2) is 5.69 Å². The van der Waals surface area contributed by atoms with Crippen LogP contribution in [0.15, 0.2) is 82.7 Å². The second-order valence-corrected chi connectivity index (χ2v) is 8.17. The summed E-state index contributed by atoms with van der Waals surface area (Å²) in [4.78, 5) is 36.9. The molecular weight excluding hydrogens is 472 g/mol. The summed E-state index contributed by atoms with van der Waals surface area (Å²) in [6, 6.07) is 21.1. The highest BCUT2D eigenvalue weighted by Crippen LogP contribution is 2.15. The fourth-order valence-corrected chi connectivity index (χ4v) is 3.66. The number of hydrogen-bond donors (Lipinski definition) is 1. The largest absolute Gasteiger partial charge is 0.489 e. The van der Waals surface area contributed by atoms with Gasteiger partial charge in [0.1, 0.15) is 12.4 Å². The second kappa shape index (κ2) is 11.8. The lowest BCUT2D eigenvalue weighted by molar-refractivity contribution is 0.0600. The molecule has 1 N–H and O–H groups in total. The standard InChI is InChI=1S/C28H26N4O5/c1-3-16-32-27(34)24-7-5-4-6-23(24)25(31-32)26(33)30-29-17-19-10-14-22(15-11-19)37-18-20-8-12-21(13-9-20)28(35)36-2/h4-15,17H,3,16,18H2,1-2H3,(H,30,33)/b29-17-. The van der Waals surface area contributed by atoms with Crippen LogP contribution in [-0.2, 0) is 17.9 Å². The van der Waals surface area contributed by atoms with Crippen molar-refractivity contribution in [2.45, 2.75) is 26.5 Å². The molecule has 0 saturated carbocycles. The van der Waals surface area contributed by atoms with Crippen LogP contribution in [0.2, 0.25) is 0 Å². The molecule has 188 valence electrons. The number of aryl methyl sites for hydroxylation is 1. The minimum atomic E-state index is -0.504. The highest BCUT2D eigenvalue weighted by atomic mass is 16.5. The summed E-state index contributed by atoms with van der Waals surface area (Å²) >= 11 is 0. The van der Waals surface area contributed by atoms with Gasteiger partial charge >= 0.3 is 5.97 Å². The molecule has 0 unspecified atom stereocenters. The number of carbonyl (C=O) groups is 2. The Morgan fingerprint density at radius 3 is 2.38 bits per heavy atom. The minimum Gasteiger partial charge on any atom is -0.489 e. The summed E-state index contributed by atoms with van der Waals surface area (Å²) in [6.07, 6.45) is 2.23. The first kappa shape index (κ1) is 25.3. The van der Waals surface area contributed by atoms with Gasteiger partial charge in [-0.2, -0.15) is 10.2 Å². The Labute approximate surface area is 213 Å². The van der Waals surface area contributed by atoms with E-state index in [9.17, 15) is 14.4 Å². The highest BCUT2D eigenvalue weighted by Gasteiger charge is 2.16. The van der Waals surface area contributed by atoms with Gasteiger partial charge in [-0.25, -0.2) is 14.9 Å². The van der Waals surface area contributed by atoms with Crippen molar-refractivity contribution < 1.29 is 19.1 Å². The van der Waals surface area contributed by atoms with E-state index in [4.69, 9.17) is 9.47 Å². The molecule has 0 aliphatic heterocycles. The zero-order valence-electron chi connectivity index (χ0n) is 20.5. The van der Waals surface area contributed by atoms with Gasteiger partial charge < -0.3 is 9.47 Å². The van der Waals surface area contributed by atoms with E-state index in [2.05, 4.69) is 15.6 Å². The molecule has 1 aromatic heterocycles. The van der Waals surface area contributed by atoms with Crippen LogP contribution in [0, 0.1) is 0 Å². The molecule has 3 aromatic carbocycles. The molecule has 4 aromatic rings. The predicted molar refractivity (Wildman–Crippen MR) is 140 cm³/mol. The Morgan fingerprint density at radius 2 is 1.70 bits per heavy atom. The van der Waals surface area contributed by atoms with Crippen molar-refractivity contribution >= 4 is 28.9 Å². The first-order valence-corrected chi connectivity index (χ1v) is 11.7. The molecule has 9 heteroatoms. The van der Waals surface area contributed by atoms with Gasteiger partial charge in [0, 0.05) is 11.9 Å². The molecule has 0 bridgehead atoms. The maximum Gasteiger partial charge on any atom is 0.337 e. The molecule has 0 aliphatic carbocycles. The number of hydrazone groups is 1. The molecule has 0 spiro atoms. The number of carbonyl (C=O) groups excluding carboxylic acids is 2. The summed E-state index contributed by atoms with van der Waals surface area (Å²) in [7, 11) is 1.34. The van der Waals surface area contributed by atoms with E-state index in [-0.39, 0.29) is 17.2 Å². The van der Waals surface area contributed by atoms with Crippen molar-refractivity contribution in [2.75, 3.05) is 7.11 Å². The van der Waals surface area contributed by atoms with Crippen LogP contribution in [0.25, 0.3) is 10.8 Å². The smallest absolute Gasteiger partial charge is 0.337 e. The number of nitrogens with zero attached hydrogens (tertiary/aromatic N) is 3. The van der Waals surface area contributed by atoms with E-state index in [1.54, 1.807) is 60.7 Å². The zero-order valence-corrected chi connectivity index (χ0v) is 20.5. The number of amides is 1. The van der Waals surface area contributed by atoms with Gasteiger partial charge in [0.05, 0.1) is 24.3 Å². The SMILES string of the molecule is CCCn1nc(C(=O)N/N=C\c2ccc(OCc3ccc(C(=O)OC)cc3)cc2)c2ccccc2c1=O. The summed E-state index contributed by atoms with van der Waals surface area (Å²) in [5.41, 5.74) is 4.56. The van der Waals surface area contributed by atoms with Crippen molar-refractivity contribution in [3.05, 3.63) is 106 Å². The summed E-state index contributed by atoms with van der Waals surface area (Å²) in [5.74, 6) is -0.228. The molecular formula is C28H26N4O5. The van der Waals surface area contributed by atoms with Crippen LogP contribution in [-0.4, -0.2) is 35.0 Å². The number of hydrogen-bond acceptors (Lipinski definition) is 7. The van der Waals surface area contributed by atoms with Gasteiger partial charge in [-0.1, -0.05) is 37.3 Å². The van der Waals surface area contributed by atoms with Crippen LogP contribution >= 0.6 is 0 Å². The maximum atomic E-state index is 12.8. The Hall–Kier alpha value is -4.79. The van der Waals surface area contributed by atoms with E-state index in [1.165, 1.54) is 18.0 Å². The van der Waals surface area contributed by atoms with Crippen LogP contribution in [0.5, 0.6) is 5.75 Å². The second-order valence-electron chi connectivity index (χ2n) is 8.17. The molecule has 4 rings (SSSR count). The quantitative estimate of drug-likeness (QED) is 0.213. The Kier molecular flexibility index (Phi) is 8.05. The monoisotopic (exact) mass is 498 g/mol. The van der Waals surface area contributed by atoms with Crippen molar-refractivity contribution in [3.63, 3.8) is 0 Å². The van der Waals surface area contributed by atoms with Gasteiger partial charge in [0.25, 0.3) is 11.5 Å². The van der Waals surface area contributed by atoms with Crippen molar-refractivity contribution in [2.24, 2.45) is 5.10 Å². The number of esters is 1. The fourth-order valence-electron chi connectivity index (χ4n) is 3.66. The Balaban J connectivity index is 1.38. The molecule has 0 radical (unpaired) electrons. The first-order chi connectivity index (χ1) is 18.0. The number of rotatable bonds is 9. The van der Waals surface area contributed by atoms with E-state index in [1.807, 2.05) is 19.1 Å². The third-order valence-corrected chi connectivity index (χ3v) is 5.56. The third-order valence-electron chi connectivity index (χ3n) is 5.56. The minimum absolute atomic E-state index is 0.143. The van der Waals surface area contributed by atoms with E-state index in [0.717, 1.165) is 11.1 Å². The lowest BCUT2D eigenvalue weighted by Gasteiger charge is -2.09. The maximum absolute atomic E-state index is 12.8. The van der Waals surface area contributed by atoms with Crippen LogP contribution < -0.4 is 15.7 Å². The molecule has 9 nitrogen and oxygen atoms in total. The van der Waals surface area contributed by atoms with Gasteiger partial charge in [-0.05, 0) is 60.0 Å². The lowest BCUT2D eigenvalue weighted by atomic mass is 10.1. The predicted octanol–water partition coefficient (Wildman–Crippen LogP) is 3.94. The Morgan fingerprint density at radius 1 is 1.00 bits per heavy atom. The van der Waals surface area contributed by atoms with Crippen molar-refractivity contribution in [1.29, 1.82) is 0 Å². The molecule has 0 aliphatic rings. The highest BCUT2D eigenvalue weighted by molar-refractivity contribution is 6.05. The van der Waals surface area contributed by atoms with Gasteiger partial charge in [-0.15, -0.1) is 0 Å². The van der Waals surface area contributed by atoms with Crippen molar-refractivity contribution in [1.82, 2.24) is 15.2 Å². The third kappa shape index (κ3) is 6.07. The molecule has 0 atom stereocenters. The summed E-state index contributed by atoms with van der Waals surface area (Å²) in [5, 5.41) is 9.23.